The van der Waals surface area contributed by atoms with E-state index in [2.05, 4.69) is 0 Å². The number of carboxylic acids is 2. The summed E-state index contributed by atoms with van der Waals surface area (Å²) in [5.41, 5.74) is 1.68. The molecule has 2 rings (SSSR count). The second kappa shape index (κ2) is 4.12. The molecule has 0 spiro atoms. The van der Waals surface area contributed by atoms with Gasteiger partial charge in [0.25, 0.3) is 0 Å². The van der Waals surface area contributed by atoms with E-state index in [-0.39, 0.29) is 5.56 Å². The van der Waals surface area contributed by atoms with Crippen molar-refractivity contribution in [3.8, 4) is 0 Å². The first-order valence-corrected chi connectivity index (χ1v) is 5.97. The highest BCUT2D eigenvalue weighted by Crippen LogP contribution is 2.46. The Morgan fingerprint density at radius 2 is 1.78 bits per heavy atom. The third kappa shape index (κ3) is 1.68. The van der Waals surface area contributed by atoms with Gasteiger partial charge in [-0.1, -0.05) is 6.42 Å². The summed E-state index contributed by atoms with van der Waals surface area (Å²) in [6.07, 6.45) is 2.06. The molecule has 2 N–H and O–H groups in total. The lowest BCUT2D eigenvalue weighted by molar-refractivity contribution is -0.147. The average Bonchev–Trinajstić information content (AvgIpc) is 2.21. The molecule has 0 aromatic heterocycles. The molecule has 4 nitrogen and oxygen atoms in total. The van der Waals surface area contributed by atoms with Crippen molar-refractivity contribution in [2.24, 2.45) is 0 Å². The average molecular weight is 248 g/mol. The van der Waals surface area contributed by atoms with Crippen molar-refractivity contribution >= 4 is 11.9 Å². The number of hydrogen-bond donors (Lipinski definition) is 2. The Morgan fingerprint density at radius 1 is 1.17 bits per heavy atom. The van der Waals surface area contributed by atoms with Crippen molar-refractivity contribution in [2.45, 2.75) is 38.5 Å². The molecule has 18 heavy (non-hydrogen) atoms. The van der Waals surface area contributed by atoms with E-state index in [9.17, 15) is 14.7 Å². The van der Waals surface area contributed by atoms with E-state index in [1.807, 2.05) is 13.8 Å². The first kappa shape index (κ1) is 12.6. The van der Waals surface area contributed by atoms with Crippen LogP contribution in [0.1, 0.15) is 46.3 Å². The lowest BCUT2D eigenvalue weighted by Crippen LogP contribution is -2.43. The zero-order valence-corrected chi connectivity index (χ0v) is 10.5. The first-order chi connectivity index (χ1) is 8.38. The second-order valence-corrected chi connectivity index (χ2v) is 5.01. The van der Waals surface area contributed by atoms with Gasteiger partial charge in [-0.05, 0) is 55.5 Å². The Kier molecular flexibility index (Phi) is 2.89. The van der Waals surface area contributed by atoms with Gasteiger partial charge < -0.3 is 10.2 Å². The second-order valence-electron chi connectivity index (χ2n) is 5.01. The van der Waals surface area contributed by atoms with Gasteiger partial charge in [0.1, 0.15) is 0 Å². The summed E-state index contributed by atoms with van der Waals surface area (Å²) >= 11 is 0. The molecule has 1 aliphatic carbocycles. The number of aryl methyl sites for hydroxylation is 1. The fraction of sp³-hybridized carbons (Fsp3) is 0.429. The van der Waals surface area contributed by atoms with Crippen LogP contribution in [0.15, 0.2) is 12.1 Å². The van der Waals surface area contributed by atoms with Crippen LogP contribution in [0.4, 0.5) is 0 Å². The molecule has 4 heteroatoms. The summed E-state index contributed by atoms with van der Waals surface area (Å²) in [6, 6.07) is 3.12. The molecule has 1 saturated carbocycles. The van der Waals surface area contributed by atoms with Crippen LogP contribution in [0.25, 0.3) is 0 Å². The molecule has 1 aromatic carbocycles. The number of benzene rings is 1. The van der Waals surface area contributed by atoms with Gasteiger partial charge in [-0.15, -0.1) is 0 Å². The van der Waals surface area contributed by atoms with Gasteiger partial charge in [-0.25, -0.2) is 4.79 Å². The predicted octanol–water partition coefficient (Wildman–Crippen LogP) is 2.51. The van der Waals surface area contributed by atoms with Gasteiger partial charge in [0.15, 0.2) is 0 Å². The molecule has 96 valence electrons. The Labute approximate surface area is 105 Å². The highest BCUT2D eigenvalue weighted by Gasteiger charge is 2.47. The van der Waals surface area contributed by atoms with Crippen molar-refractivity contribution < 1.29 is 19.8 Å². The largest absolute Gasteiger partial charge is 0.481 e. The molecule has 0 aliphatic heterocycles. The maximum Gasteiger partial charge on any atom is 0.335 e. The van der Waals surface area contributed by atoms with E-state index in [0.717, 1.165) is 17.5 Å². The first-order valence-electron chi connectivity index (χ1n) is 5.97. The SMILES string of the molecule is Cc1cc(C(=O)O)cc(C2(C(=O)O)CCC2)c1C. The normalized spacial score (nSPS) is 17.0. The molecular weight excluding hydrogens is 232 g/mol. The van der Waals surface area contributed by atoms with Gasteiger partial charge in [0.2, 0.25) is 0 Å². The smallest absolute Gasteiger partial charge is 0.335 e. The van der Waals surface area contributed by atoms with E-state index in [1.54, 1.807) is 6.07 Å². The van der Waals surface area contributed by atoms with Crippen molar-refractivity contribution in [3.05, 3.63) is 34.4 Å². The summed E-state index contributed by atoms with van der Waals surface area (Å²) < 4.78 is 0. The van der Waals surface area contributed by atoms with Crippen LogP contribution >= 0.6 is 0 Å². The van der Waals surface area contributed by atoms with E-state index in [0.29, 0.717) is 18.4 Å². The molecule has 0 atom stereocenters. The summed E-state index contributed by atoms with van der Waals surface area (Å²) in [4.78, 5) is 22.6. The Bertz CT molecular complexity index is 527. The van der Waals surface area contributed by atoms with Crippen LogP contribution in [0.3, 0.4) is 0 Å². The fourth-order valence-corrected chi connectivity index (χ4v) is 2.61. The molecule has 1 aromatic rings. The number of hydrogen-bond acceptors (Lipinski definition) is 2. The maximum absolute atomic E-state index is 11.5. The molecule has 1 aliphatic rings. The Hall–Kier alpha value is -1.84. The van der Waals surface area contributed by atoms with Crippen molar-refractivity contribution in [1.29, 1.82) is 0 Å². The minimum atomic E-state index is -1.01. The van der Waals surface area contributed by atoms with Crippen LogP contribution in [-0.2, 0) is 10.2 Å². The number of carbonyl (C=O) groups is 2. The van der Waals surface area contributed by atoms with E-state index in [1.165, 1.54) is 6.07 Å². The minimum absolute atomic E-state index is 0.167. The predicted molar refractivity (Wildman–Crippen MR) is 66.0 cm³/mol. The lowest BCUT2D eigenvalue weighted by atomic mass is 9.63. The third-order valence-corrected chi connectivity index (χ3v) is 4.05. The van der Waals surface area contributed by atoms with Crippen molar-refractivity contribution in [1.82, 2.24) is 0 Å². The zero-order chi connectivity index (χ0) is 13.5. The lowest BCUT2D eigenvalue weighted by Gasteiger charge is -2.39. The molecule has 0 amide bonds. The number of rotatable bonds is 3. The number of carboxylic acid groups (broad SMARTS) is 2. The zero-order valence-electron chi connectivity index (χ0n) is 10.5. The molecule has 0 heterocycles. The van der Waals surface area contributed by atoms with Crippen LogP contribution < -0.4 is 0 Å². The maximum atomic E-state index is 11.5. The Balaban J connectivity index is 2.63. The van der Waals surface area contributed by atoms with E-state index in [4.69, 9.17) is 5.11 Å². The summed E-state index contributed by atoms with van der Waals surface area (Å²) in [5.74, 6) is -1.86. The van der Waals surface area contributed by atoms with Gasteiger partial charge in [-0.2, -0.15) is 0 Å². The third-order valence-electron chi connectivity index (χ3n) is 4.05. The summed E-state index contributed by atoms with van der Waals surface area (Å²) in [5, 5.41) is 18.5. The van der Waals surface area contributed by atoms with Gasteiger partial charge in [-0.3, -0.25) is 4.79 Å². The van der Waals surface area contributed by atoms with Gasteiger partial charge in [0.05, 0.1) is 11.0 Å². The van der Waals surface area contributed by atoms with Crippen LogP contribution in [0, 0.1) is 13.8 Å². The molecule has 1 fully saturated rings. The fourth-order valence-electron chi connectivity index (χ4n) is 2.61. The highest BCUT2D eigenvalue weighted by molar-refractivity contribution is 5.90. The standard InChI is InChI=1S/C14H16O4/c1-8-6-10(12(15)16)7-11(9(8)2)14(13(17)18)4-3-5-14/h6-7H,3-5H2,1-2H3,(H,15,16)(H,17,18). The monoisotopic (exact) mass is 248 g/mol. The quantitative estimate of drug-likeness (QED) is 0.861. The van der Waals surface area contributed by atoms with Crippen molar-refractivity contribution in [2.75, 3.05) is 0 Å². The summed E-state index contributed by atoms with van der Waals surface area (Å²) in [6.45, 7) is 3.68. The number of aliphatic carboxylic acids is 1. The van der Waals surface area contributed by atoms with Crippen LogP contribution in [0.2, 0.25) is 0 Å². The Morgan fingerprint density at radius 3 is 2.17 bits per heavy atom. The highest BCUT2D eigenvalue weighted by atomic mass is 16.4. The molecule has 0 unspecified atom stereocenters. The minimum Gasteiger partial charge on any atom is -0.481 e. The number of aromatic carboxylic acids is 1. The van der Waals surface area contributed by atoms with Crippen LogP contribution in [0.5, 0.6) is 0 Å². The molecule has 0 radical (unpaired) electrons. The molecular formula is C14H16O4. The topological polar surface area (TPSA) is 74.6 Å². The van der Waals surface area contributed by atoms with Gasteiger partial charge >= 0.3 is 11.9 Å². The van der Waals surface area contributed by atoms with E-state index >= 15 is 0 Å². The summed E-state index contributed by atoms with van der Waals surface area (Å²) in [7, 11) is 0. The van der Waals surface area contributed by atoms with Crippen molar-refractivity contribution in [3.63, 3.8) is 0 Å². The molecule has 0 saturated heterocycles. The molecule has 0 bridgehead atoms. The van der Waals surface area contributed by atoms with Gasteiger partial charge in [0, 0.05) is 0 Å². The van der Waals surface area contributed by atoms with Crippen LogP contribution in [-0.4, -0.2) is 22.2 Å². The van der Waals surface area contributed by atoms with E-state index < -0.39 is 17.4 Å².